The largest absolute Gasteiger partial charge is 0.310 e. The Labute approximate surface area is 323 Å². The molecule has 0 saturated carbocycles. The number of hydrogen-bond acceptors (Lipinski definition) is 2. The standard InChI is InChI=1S/C53H40N2/c1-53(2)50-32-31-44(35-49(50)48-33-39-30-29-38-19-12-13-26-45(38)47(39)36-51(48)53)55(52-28-15-14-27-46(52)37-17-6-3-7-18-37)43-25-16-24-42(34-43)54(40-20-8-4-9-21-40)41-22-10-5-11-23-41/h3-36H,1-2H3. The lowest BCUT2D eigenvalue weighted by atomic mass is 9.81. The summed E-state index contributed by atoms with van der Waals surface area (Å²) in [5.74, 6) is 0. The minimum atomic E-state index is -0.146. The SMILES string of the molecule is CC1(C)c2ccc(N(c3cccc(N(c4ccccc4)c4ccccc4)c3)c3ccccc3-c3ccccc3)cc2-c2cc3ccc4ccccc4c3cc21. The van der Waals surface area contributed by atoms with Crippen molar-refractivity contribution in [3.8, 4) is 22.3 Å². The first kappa shape index (κ1) is 32.7. The minimum Gasteiger partial charge on any atom is -0.310 e. The van der Waals surface area contributed by atoms with Crippen LogP contribution in [0.15, 0.2) is 206 Å². The van der Waals surface area contributed by atoms with Crippen LogP contribution in [-0.4, -0.2) is 0 Å². The molecule has 0 aliphatic heterocycles. The number of rotatable bonds is 7. The van der Waals surface area contributed by atoms with E-state index in [0.717, 1.165) is 34.1 Å². The van der Waals surface area contributed by atoms with Crippen LogP contribution in [0.1, 0.15) is 25.0 Å². The summed E-state index contributed by atoms with van der Waals surface area (Å²) in [6.45, 7) is 4.75. The molecular weight excluding hydrogens is 665 g/mol. The van der Waals surface area contributed by atoms with Gasteiger partial charge >= 0.3 is 0 Å². The van der Waals surface area contributed by atoms with Crippen molar-refractivity contribution in [1.82, 2.24) is 0 Å². The number of hydrogen-bond donors (Lipinski definition) is 0. The molecule has 0 bridgehead atoms. The maximum absolute atomic E-state index is 2.46. The number of nitrogens with zero attached hydrogens (tertiary/aromatic N) is 2. The van der Waals surface area contributed by atoms with Gasteiger partial charge in [-0.1, -0.05) is 147 Å². The highest BCUT2D eigenvalue weighted by Crippen LogP contribution is 2.53. The van der Waals surface area contributed by atoms with Gasteiger partial charge in [0.05, 0.1) is 5.69 Å². The Morgan fingerprint density at radius 3 is 1.64 bits per heavy atom. The van der Waals surface area contributed by atoms with Gasteiger partial charge < -0.3 is 9.80 Å². The first-order valence-corrected chi connectivity index (χ1v) is 19.1. The van der Waals surface area contributed by atoms with Crippen LogP contribution in [0.4, 0.5) is 34.1 Å². The lowest BCUT2D eigenvalue weighted by Crippen LogP contribution is -2.16. The van der Waals surface area contributed by atoms with Gasteiger partial charge in [0.25, 0.3) is 0 Å². The second-order valence-corrected chi connectivity index (χ2v) is 15.0. The van der Waals surface area contributed by atoms with Gasteiger partial charge in [0.2, 0.25) is 0 Å². The van der Waals surface area contributed by atoms with Crippen LogP contribution in [0, 0.1) is 0 Å². The summed E-state index contributed by atoms with van der Waals surface area (Å²) in [5.41, 5.74) is 14.2. The predicted molar refractivity (Wildman–Crippen MR) is 234 cm³/mol. The van der Waals surface area contributed by atoms with Crippen molar-refractivity contribution in [3.05, 3.63) is 217 Å². The van der Waals surface area contributed by atoms with E-state index in [1.165, 1.54) is 54.9 Å². The molecule has 0 N–H and O–H groups in total. The van der Waals surface area contributed by atoms with E-state index in [0.29, 0.717) is 0 Å². The molecule has 0 amide bonds. The van der Waals surface area contributed by atoms with Gasteiger partial charge in [0, 0.05) is 39.4 Å². The molecule has 1 aliphatic rings. The van der Waals surface area contributed by atoms with Gasteiger partial charge in [-0.3, -0.25) is 0 Å². The van der Waals surface area contributed by atoms with Crippen molar-refractivity contribution in [1.29, 1.82) is 0 Å². The number of anilines is 6. The van der Waals surface area contributed by atoms with E-state index in [2.05, 4.69) is 230 Å². The maximum atomic E-state index is 2.46. The Hall–Kier alpha value is -6.90. The molecule has 262 valence electrons. The molecule has 2 heteroatoms. The molecule has 0 spiro atoms. The molecular formula is C53H40N2. The molecule has 0 atom stereocenters. The lowest BCUT2D eigenvalue weighted by molar-refractivity contribution is 0.661. The molecule has 0 saturated heterocycles. The topological polar surface area (TPSA) is 6.48 Å². The Balaban J connectivity index is 1.19. The minimum absolute atomic E-state index is 0.146. The van der Waals surface area contributed by atoms with E-state index in [-0.39, 0.29) is 5.41 Å². The van der Waals surface area contributed by atoms with Crippen LogP contribution >= 0.6 is 0 Å². The molecule has 0 aromatic heterocycles. The average Bonchev–Trinajstić information content (AvgIpc) is 3.46. The Bertz CT molecular complexity index is 2800. The monoisotopic (exact) mass is 704 g/mol. The zero-order valence-electron chi connectivity index (χ0n) is 31.0. The van der Waals surface area contributed by atoms with Crippen LogP contribution in [0.5, 0.6) is 0 Å². The molecule has 0 radical (unpaired) electrons. The van der Waals surface area contributed by atoms with E-state index in [4.69, 9.17) is 0 Å². The van der Waals surface area contributed by atoms with E-state index in [1.54, 1.807) is 0 Å². The van der Waals surface area contributed by atoms with E-state index < -0.39 is 0 Å². The quantitative estimate of drug-likeness (QED) is 0.152. The maximum Gasteiger partial charge on any atom is 0.0540 e. The summed E-state index contributed by atoms with van der Waals surface area (Å²) >= 11 is 0. The van der Waals surface area contributed by atoms with Crippen molar-refractivity contribution in [2.75, 3.05) is 9.80 Å². The molecule has 10 rings (SSSR count). The molecule has 55 heavy (non-hydrogen) atoms. The van der Waals surface area contributed by atoms with Gasteiger partial charge in [-0.2, -0.15) is 0 Å². The van der Waals surface area contributed by atoms with Crippen molar-refractivity contribution in [3.63, 3.8) is 0 Å². The summed E-state index contributed by atoms with van der Waals surface area (Å²) in [6.07, 6.45) is 0. The highest BCUT2D eigenvalue weighted by molar-refractivity contribution is 6.10. The average molecular weight is 705 g/mol. The van der Waals surface area contributed by atoms with Crippen molar-refractivity contribution < 1.29 is 0 Å². The third-order valence-electron chi connectivity index (χ3n) is 11.4. The molecule has 0 unspecified atom stereocenters. The number of para-hydroxylation sites is 3. The summed E-state index contributed by atoms with van der Waals surface area (Å²) in [7, 11) is 0. The van der Waals surface area contributed by atoms with Crippen LogP contribution in [0.3, 0.4) is 0 Å². The first-order chi connectivity index (χ1) is 27.0. The second-order valence-electron chi connectivity index (χ2n) is 15.0. The highest BCUT2D eigenvalue weighted by Gasteiger charge is 2.36. The first-order valence-electron chi connectivity index (χ1n) is 19.1. The van der Waals surface area contributed by atoms with Crippen molar-refractivity contribution in [2.24, 2.45) is 0 Å². The second kappa shape index (κ2) is 13.2. The number of fused-ring (bicyclic) bond motifs is 6. The van der Waals surface area contributed by atoms with Gasteiger partial charge in [-0.25, -0.2) is 0 Å². The third kappa shape index (κ3) is 5.57. The van der Waals surface area contributed by atoms with Gasteiger partial charge in [0.15, 0.2) is 0 Å². The highest BCUT2D eigenvalue weighted by atomic mass is 15.2. The summed E-state index contributed by atoms with van der Waals surface area (Å²) < 4.78 is 0. The number of benzene rings is 9. The molecule has 0 fully saturated rings. The van der Waals surface area contributed by atoms with Crippen LogP contribution in [0.2, 0.25) is 0 Å². The molecule has 1 aliphatic carbocycles. The fourth-order valence-corrected chi connectivity index (χ4v) is 8.71. The van der Waals surface area contributed by atoms with Crippen LogP contribution in [0.25, 0.3) is 43.8 Å². The Kier molecular flexibility index (Phi) is 7.85. The van der Waals surface area contributed by atoms with Crippen molar-refractivity contribution >= 4 is 55.7 Å². The summed E-state index contributed by atoms with van der Waals surface area (Å²) in [4.78, 5) is 4.78. The smallest absolute Gasteiger partial charge is 0.0540 e. The fraction of sp³-hybridized carbons (Fsp3) is 0.0566. The normalized spacial score (nSPS) is 12.7. The van der Waals surface area contributed by atoms with Crippen molar-refractivity contribution in [2.45, 2.75) is 19.3 Å². The van der Waals surface area contributed by atoms with Crippen LogP contribution < -0.4 is 9.80 Å². The lowest BCUT2D eigenvalue weighted by Gasteiger charge is -2.31. The fourth-order valence-electron chi connectivity index (χ4n) is 8.71. The molecule has 2 nitrogen and oxygen atoms in total. The zero-order chi connectivity index (χ0) is 36.9. The Morgan fingerprint density at radius 1 is 0.327 bits per heavy atom. The van der Waals surface area contributed by atoms with Crippen LogP contribution in [-0.2, 0) is 5.41 Å². The summed E-state index contributed by atoms with van der Waals surface area (Å²) in [5, 5.41) is 5.17. The molecule has 0 heterocycles. The Morgan fingerprint density at radius 2 is 0.891 bits per heavy atom. The van der Waals surface area contributed by atoms with Gasteiger partial charge in [-0.15, -0.1) is 0 Å². The van der Waals surface area contributed by atoms with E-state index in [1.807, 2.05) is 0 Å². The molecule has 9 aromatic rings. The van der Waals surface area contributed by atoms with E-state index >= 15 is 0 Å². The summed E-state index contributed by atoms with van der Waals surface area (Å²) in [6, 6.07) is 75.0. The van der Waals surface area contributed by atoms with Gasteiger partial charge in [-0.05, 0) is 122 Å². The predicted octanol–water partition coefficient (Wildman–Crippen LogP) is 14.9. The van der Waals surface area contributed by atoms with E-state index in [9.17, 15) is 0 Å². The third-order valence-corrected chi connectivity index (χ3v) is 11.4. The zero-order valence-corrected chi connectivity index (χ0v) is 31.0. The van der Waals surface area contributed by atoms with Gasteiger partial charge in [0.1, 0.15) is 0 Å². The molecule has 9 aromatic carbocycles.